The average molecular weight is 301 g/mol. The van der Waals surface area contributed by atoms with Gasteiger partial charge < -0.3 is 15.5 Å². The minimum Gasteiger partial charge on any atom is -0.473 e. The molecule has 22 heavy (non-hydrogen) atoms. The first kappa shape index (κ1) is 17.4. The molecule has 0 bridgehead atoms. The fraction of sp³-hybridized carbons (Fsp3) is 0.176. The Bertz CT molecular complexity index is 582. The van der Waals surface area contributed by atoms with Gasteiger partial charge in [-0.25, -0.2) is 9.59 Å². The van der Waals surface area contributed by atoms with Crippen molar-refractivity contribution in [3.05, 3.63) is 71.3 Å². The zero-order valence-corrected chi connectivity index (χ0v) is 12.3. The number of hydrogen-bond donors (Lipinski definition) is 3. The normalized spacial score (nSPS) is 9.50. The molecule has 0 heterocycles. The van der Waals surface area contributed by atoms with Crippen molar-refractivity contribution >= 4 is 11.9 Å². The molecule has 0 amide bonds. The topological polar surface area (TPSA) is 86.6 Å². The van der Waals surface area contributed by atoms with Crippen LogP contribution in [0.2, 0.25) is 0 Å². The number of hydrogen-bond acceptors (Lipinski definition) is 3. The maximum Gasteiger partial charge on any atom is 0.414 e. The molecule has 3 N–H and O–H groups in total. The third kappa shape index (κ3) is 7.21. The van der Waals surface area contributed by atoms with Gasteiger partial charge in [0.1, 0.15) is 0 Å². The Morgan fingerprint density at radius 2 is 1.27 bits per heavy atom. The zero-order valence-electron chi connectivity index (χ0n) is 12.3. The molecule has 116 valence electrons. The van der Waals surface area contributed by atoms with Gasteiger partial charge in [0.05, 0.1) is 0 Å². The summed E-state index contributed by atoms with van der Waals surface area (Å²) < 4.78 is 0. The Morgan fingerprint density at radius 3 is 1.73 bits per heavy atom. The van der Waals surface area contributed by atoms with E-state index in [1.165, 1.54) is 16.7 Å². The molecule has 0 spiro atoms. The number of aryl methyl sites for hydroxylation is 1. The molecule has 2 rings (SSSR count). The van der Waals surface area contributed by atoms with Crippen LogP contribution in [-0.4, -0.2) is 22.2 Å². The monoisotopic (exact) mass is 301 g/mol. The Labute approximate surface area is 129 Å². The summed E-state index contributed by atoms with van der Waals surface area (Å²) >= 11 is 0. The first-order valence-electron chi connectivity index (χ1n) is 6.75. The van der Waals surface area contributed by atoms with Gasteiger partial charge in [-0.05, 0) is 18.1 Å². The van der Waals surface area contributed by atoms with E-state index < -0.39 is 11.9 Å². The smallest absolute Gasteiger partial charge is 0.414 e. The first-order valence-corrected chi connectivity index (χ1v) is 6.75. The molecule has 0 aliphatic rings. The van der Waals surface area contributed by atoms with E-state index in [1.807, 2.05) is 6.07 Å². The van der Waals surface area contributed by atoms with Crippen molar-refractivity contribution in [2.24, 2.45) is 0 Å². The third-order valence-electron chi connectivity index (χ3n) is 2.80. The molecule has 0 aromatic heterocycles. The average Bonchev–Trinajstić information content (AvgIpc) is 2.51. The fourth-order valence-electron chi connectivity index (χ4n) is 1.65. The fourth-order valence-corrected chi connectivity index (χ4v) is 1.65. The van der Waals surface area contributed by atoms with Gasteiger partial charge in [-0.2, -0.15) is 0 Å². The highest BCUT2D eigenvalue weighted by Gasteiger charge is 2.04. The maximum atomic E-state index is 9.10. The van der Waals surface area contributed by atoms with E-state index in [0.29, 0.717) is 0 Å². The molecular formula is C17H19NO4. The SMILES string of the molecule is Cc1ccc(CNCc2ccccc2)cc1.O=C(O)C(=O)O. The van der Waals surface area contributed by atoms with Crippen molar-refractivity contribution < 1.29 is 19.8 Å². The lowest BCUT2D eigenvalue weighted by Gasteiger charge is -2.05. The van der Waals surface area contributed by atoms with Gasteiger partial charge in [0.25, 0.3) is 0 Å². The van der Waals surface area contributed by atoms with Gasteiger partial charge in [-0.1, -0.05) is 60.2 Å². The van der Waals surface area contributed by atoms with E-state index in [2.05, 4.69) is 60.8 Å². The molecular weight excluding hydrogens is 282 g/mol. The number of nitrogens with one attached hydrogen (secondary N) is 1. The second-order valence-corrected chi connectivity index (χ2v) is 4.69. The second-order valence-electron chi connectivity index (χ2n) is 4.69. The summed E-state index contributed by atoms with van der Waals surface area (Å²) in [6, 6.07) is 19.1. The van der Waals surface area contributed by atoms with Crippen molar-refractivity contribution in [1.82, 2.24) is 5.32 Å². The highest BCUT2D eigenvalue weighted by atomic mass is 16.4. The predicted molar refractivity (Wildman–Crippen MR) is 83.4 cm³/mol. The Hall–Kier alpha value is -2.66. The van der Waals surface area contributed by atoms with Crippen LogP contribution in [-0.2, 0) is 22.7 Å². The number of aliphatic carboxylic acids is 2. The van der Waals surface area contributed by atoms with Crippen LogP contribution in [0.15, 0.2) is 54.6 Å². The third-order valence-corrected chi connectivity index (χ3v) is 2.80. The molecule has 0 fully saturated rings. The van der Waals surface area contributed by atoms with Crippen molar-refractivity contribution in [2.45, 2.75) is 20.0 Å². The molecule has 0 atom stereocenters. The van der Waals surface area contributed by atoms with E-state index in [1.54, 1.807) is 0 Å². The van der Waals surface area contributed by atoms with Crippen molar-refractivity contribution in [2.75, 3.05) is 0 Å². The molecule has 0 radical (unpaired) electrons. The van der Waals surface area contributed by atoms with Gasteiger partial charge in [-0.15, -0.1) is 0 Å². The highest BCUT2D eigenvalue weighted by Crippen LogP contribution is 2.03. The van der Waals surface area contributed by atoms with E-state index in [9.17, 15) is 0 Å². The van der Waals surface area contributed by atoms with Gasteiger partial charge in [0, 0.05) is 13.1 Å². The molecule has 2 aromatic carbocycles. The van der Waals surface area contributed by atoms with Crippen LogP contribution < -0.4 is 5.32 Å². The van der Waals surface area contributed by atoms with Crippen molar-refractivity contribution in [3.63, 3.8) is 0 Å². The lowest BCUT2D eigenvalue weighted by molar-refractivity contribution is -0.159. The lowest BCUT2D eigenvalue weighted by atomic mass is 10.1. The summed E-state index contributed by atoms with van der Waals surface area (Å²) in [5, 5.41) is 18.2. The van der Waals surface area contributed by atoms with Crippen LogP contribution in [0.5, 0.6) is 0 Å². The standard InChI is InChI=1S/C15H17N.C2H2O4/c1-13-7-9-15(10-8-13)12-16-11-14-5-3-2-4-6-14;3-1(4)2(5)6/h2-10,16H,11-12H2,1H3;(H,3,4)(H,5,6). The van der Waals surface area contributed by atoms with Crippen LogP contribution in [0.25, 0.3) is 0 Å². The predicted octanol–water partition coefficient (Wildman–Crippen LogP) is 2.44. The molecule has 0 unspecified atom stereocenters. The minimum atomic E-state index is -1.82. The van der Waals surface area contributed by atoms with E-state index in [-0.39, 0.29) is 0 Å². The Balaban J connectivity index is 0.000000346. The molecule has 0 aliphatic heterocycles. The van der Waals surface area contributed by atoms with Crippen LogP contribution >= 0.6 is 0 Å². The molecule has 0 saturated carbocycles. The molecule has 5 heteroatoms. The summed E-state index contributed by atoms with van der Waals surface area (Å²) in [7, 11) is 0. The number of carbonyl (C=O) groups is 2. The van der Waals surface area contributed by atoms with E-state index >= 15 is 0 Å². The number of rotatable bonds is 4. The zero-order chi connectivity index (χ0) is 16.4. The van der Waals surface area contributed by atoms with Crippen molar-refractivity contribution in [3.8, 4) is 0 Å². The first-order chi connectivity index (χ1) is 10.5. The van der Waals surface area contributed by atoms with Crippen molar-refractivity contribution in [1.29, 1.82) is 0 Å². The largest absolute Gasteiger partial charge is 0.473 e. The summed E-state index contributed by atoms with van der Waals surface area (Å²) in [5.41, 5.74) is 3.97. The molecule has 0 saturated heterocycles. The molecule has 0 aliphatic carbocycles. The van der Waals surface area contributed by atoms with Crippen LogP contribution in [0.1, 0.15) is 16.7 Å². The summed E-state index contributed by atoms with van der Waals surface area (Å²) in [6.07, 6.45) is 0. The number of carboxylic acids is 2. The van der Waals surface area contributed by atoms with E-state index in [4.69, 9.17) is 19.8 Å². The highest BCUT2D eigenvalue weighted by molar-refractivity contribution is 6.27. The van der Waals surface area contributed by atoms with Crippen LogP contribution in [0.4, 0.5) is 0 Å². The van der Waals surface area contributed by atoms with Gasteiger partial charge in [-0.3, -0.25) is 0 Å². The van der Waals surface area contributed by atoms with E-state index in [0.717, 1.165) is 13.1 Å². The number of benzene rings is 2. The van der Waals surface area contributed by atoms with Gasteiger partial charge >= 0.3 is 11.9 Å². The maximum absolute atomic E-state index is 9.10. The van der Waals surface area contributed by atoms with Gasteiger partial charge in [0.15, 0.2) is 0 Å². The minimum absolute atomic E-state index is 0.925. The lowest BCUT2D eigenvalue weighted by Crippen LogP contribution is -2.12. The summed E-state index contributed by atoms with van der Waals surface area (Å²) in [5.74, 6) is -3.65. The Morgan fingerprint density at radius 1 is 0.818 bits per heavy atom. The Kier molecular flexibility index (Phi) is 7.36. The van der Waals surface area contributed by atoms with Crippen LogP contribution in [0, 0.1) is 6.92 Å². The molecule has 5 nitrogen and oxygen atoms in total. The summed E-state index contributed by atoms with van der Waals surface area (Å²) in [4.78, 5) is 18.2. The van der Waals surface area contributed by atoms with Crippen LogP contribution in [0.3, 0.4) is 0 Å². The van der Waals surface area contributed by atoms with Gasteiger partial charge in [0.2, 0.25) is 0 Å². The summed E-state index contributed by atoms with van der Waals surface area (Å²) in [6.45, 7) is 3.96. The second kappa shape index (κ2) is 9.31. The molecule has 2 aromatic rings. The number of carboxylic acid groups (broad SMARTS) is 2. The quantitative estimate of drug-likeness (QED) is 0.755.